The summed E-state index contributed by atoms with van der Waals surface area (Å²) in [5, 5.41) is 5.17. The van der Waals surface area contributed by atoms with Gasteiger partial charge in [0, 0.05) is 27.1 Å². The van der Waals surface area contributed by atoms with Crippen molar-refractivity contribution in [2.24, 2.45) is 0 Å². The Bertz CT molecular complexity index is 4220. The second-order valence-corrected chi connectivity index (χ2v) is 18.9. The molecule has 3 aromatic heterocycles. The van der Waals surface area contributed by atoms with Crippen LogP contribution in [0.5, 0.6) is 0 Å². The number of hydrogen-bond acceptors (Lipinski definition) is 3. The lowest BCUT2D eigenvalue weighted by Gasteiger charge is -2.35. The van der Waals surface area contributed by atoms with E-state index in [9.17, 15) is 2.74 Å². The summed E-state index contributed by atoms with van der Waals surface area (Å²) in [7, 11) is -3.53. The normalized spacial score (nSPS) is 14.7. The molecule has 12 aromatic rings. The van der Waals surface area contributed by atoms with E-state index in [0.29, 0.717) is 11.1 Å². The van der Waals surface area contributed by atoms with E-state index in [2.05, 4.69) is 24.3 Å². The van der Waals surface area contributed by atoms with Gasteiger partial charge in [-0.15, -0.1) is 0 Å². The molecule has 0 amide bonds. The van der Waals surface area contributed by atoms with Crippen molar-refractivity contribution in [2.45, 2.75) is 0 Å². The van der Waals surface area contributed by atoms with Crippen LogP contribution < -0.4 is 20.7 Å². The van der Waals surface area contributed by atoms with Gasteiger partial charge >= 0.3 is 0 Å². The topological polar surface area (TPSA) is 48.5 Å². The van der Waals surface area contributed by atoms with Gasteiger partial charge < -0.3 is 0 Å². The highest BCUT2D eigenvalue weighted by Gasteiger charge is 2.42. The Morgan fingerprint density at radius 2 is 0.778 bits per heavy atom. The zero-order valence-corrected chi connectivity index (χ0v) is 34.2. The van der Waals surface area contributed by atoms with Crippen LogP contribution in [0.25, 0.3) is 78.0 Å². The molecule has 0 aliphatic rings. The van der Waals surface area contributed by atoms with Crippen LogP contribution in [0.3, 0.4) is 0 Å². The standard InChI is InChI=1S/C57H39N5Si/c1-4-20-40(21-5-1)41-22-18-28-45(38-41)63(43-24-6-2-7-25-43,44-26-8-3-9-27-44)46-29-19-23-42(39-46)55-58-56(61-51-34-14-10-30-47(51)48-31-11-15-35-52(48)61)60-57(59-55)62-53-36-16-12-32-49(53)50-33-13-17-37-54(50)62/h1-39H/i1D,4D,5D,10D,11D,14D,15D,20D,21D,30D,31D,34D,35D. The van der Waals surface area contributed by atoms with E-state index in [4.69, 9.17) is 30.0 Å². The Morgan fingerprint density at radius 3 is 1.35 bits per heavy atom. The van der Waals surface area contributed by atoms with Gasteiger partial charge in [0.05, 0.1) is 39.9 Å². The molecule has 0 atom stereocenters. The lowest BCUT2D eigenvalue weighted by atomic mass is 10.1. The Hall–Kier alpha value is -8.19. The largest absolute Gasteiger partial charge is 0.278 e. The predicted octanol–water partition coefficient (Wildman–Crippen LogP) is 10.8. The van der Waals surface area contributed by atoms with Crippen molar-refractivity contribution in [1.29, 1.82) is 0 Å². The Kier molecular flexibility index (Phi) is 6.11. The fraction of sp³-hybridized carbons (Fsp3) is 0. The summed E-state index contributed by atoms with van der Waals surface area (Å²) in [6.45, 7) is 0. The van der Waals surface area contributed by atoms with E-state index in [1.54, 1.807) is 6.07 Å². The summed E-state index contributed by atoms with van der Waals surface area (Å²) in [5.74, 6) is 0.0565. The minimum Gasteiger partial charge on any atom is -0.278 e. The number of rotatable bonds is 8. The Labute approximate surface area is 384 Å². The molecule has 0 spiro atoms. The van der Waals surface area contributed by atoms with Crippen molar-refractivity contribution in [3.8, 4) is 34.4 Å². The first-order valence-corrected chi connectivity index (χ1v) is 22.3. The van der Waals surface area contributed by atoms with Crippen LogP contribution in [0.15, 0.2) is 236 Å². The van der Waals surface area contributed by atoms with E-state index in [1.807, 2.05) is 132 Å². The highest BCUT2D eigenvalue weighted by molar-refractivity contribution is 7.20. The minimum atomic E-state index is -3.53. The molecular weight excluding hydrogens is 783 g/mol. The third-order valence-corrected chi connectivity index (χ3v) is 16.4. The van der Waals surface area contributed by atoms with Gasteiger partial charge in [-0.05, 0) is 56.1 Å². The van der Waals surface area contributed by atoms with Crippen molar-refractivity contribution < 1.29 is 17.8 Å². The molecular formula is C57H39N5Si. The van der Waals surface area contributed by atoms with Crippen LogP contribution >= 0.6 is 0 Å². The lowest BCUT2D eigenvalue weighted by molar-refractivity contribution is 0.893. The van der Waals surface area contributed by atoms with Crippen LogP contribution in [0, 0.1) is 0 Å². The molecule has 0 saturated carbocycles. The van der Waals surface area contributed by atoms with E-state index in [-0.39, 0.29) is 57.2 Å². The molecule has 0 aliphatic heterocycles. The Morgan fingerprint density at radius 1 is 0.333 bits per heavy atom. The summed E-state index contributed by atoms with van der Waals surface area (Å²) in [5.41, 5.74) is 2.19. The fourth-order valence-electron chi connectivity index (χ4n) is 9.01. The van der Waals surface area contributed by atoms with Crippen LogP contribution in [0.1, 0.15) is 17.8 Å². The van der Waals surface area contributed by atoms with Crippen LogP contribution in [-0.2, 0) is 0 Å². The van der Waals surface area contributed by atoms with Gasteiger partial charge in [-0.3, -0.25) is 9.13 Å². The first-order chi connectivity index (χ1) is 36.6. The maximum atomic E-state index is 9.34. The number of fused-ring (bicyclic) bond motifs is 6. The Balaban J connectivity index is 1.20. The quantitative estimate of drug-likeness (QED) is 0.113. The highest BCUT2D eigenvalue weighted by Crippen LogP contribution is 2.34. The summed E-state index contributed by atoms with van der Waals surface area (Å²) in [6.07, 6.45) is 0. The molecule has 0 aliphatic carbocycles. The maximum absolute atomic E-state index is 9.34. The number of para-hydroxylation sites is 4. The molecule has 5 nitrogen and oxygen atoms in total. The third kappa shape index (κ3) is 5.95. The van der Waals surface area contributed by atoms with E-state index in [1.165, 1.54) is 4.57 Å². The molecule has 0 saturated heterocycles. The average molecular weight is 835 g/mol. The number of nitrogens with zero attached hydrogens (tertiary/aromatic N) is 5. The van der Waals surface area contributed by atoms with Crippen molar-refractivity contribution in [3.63, 3.8) is 0 Å². The van der Waals surface area contributed by atoms with Gasteiger partial charge in [-0.1, -0.05) is 212 Å². The molecule has 3 heterocycles. The van der Waals surface area contributed by atoms with Crippen molar-refractivity contribution >= 4 is 72.4 Å². The zero-order valence-electron chi connectivity index (χ0n) is 46.2. The summed E-state index contributed by atoms with van der Waals surface area (Å²) in [4.78, 5) is 15.5. The molecule has 296 valence electrons. The van der Waals surface area contributed by atoms with Gasteiger partial charge in [0.1, 0.15) is 0 Å². The smallest absolute Gasteiger partial charge is 0.240 e. The van der Waals surface area contributed by atoms with Crippen molar-refractivity contribution in [3.05, 3.63) is 236 Å². The number of benzene rings is 9. The summed E-state index contributed by atoms with van der Waals surface area (Å²) >= 11 is 0. The van der Waals surface area contributed by atoms with E-state index < -0.39 is 74.5 Å². The second-order valence-electron chi connectivity index (χ2n) is 15.1. The van der Waals surface area contributed by atoms with Crippen molar-refractivity contribution in [1.82, 2.24) is 24.1 Å². The predicted molar refractivity (Wildman–Crippen MR) is 263 cm³/mol. The molecule has 63 heavy (non-hydrogen) atoms. The number of aromatic nitrogens is 5. The molecule has 0 N–H and O–H groups in total. The van der Waals surface area contributed by atoms with Crippen molar-refractivity contribution in [2.75, 3.05) is 0 Å². The first-order valence-electron chi connectivity index (χ1n) is 26.8. The van der Waals surface area contributed by atoms with Gasteiger partial charge in [0.25, 0.3) is 0 Å². The highest BCUT2D eigenvalue weighted by atomic mass is 28.3. The van der Waals surface area contributed by atoms with Gasteiger partial charge in [0.2, 0.25) is 11.9 Å². The third-order valence-electron chi connectivity index (χ3n) is 11.7. The molecule has 0 bridgehead atoms. The van der Waals surface area contributed by atoms with Crippen LogP contribution in [0.4, 0.5) is 0 Å². The van der Waals surface area contributed by atoms with Gasteiger partial charge in [0.15, 0.2) is 13.9 Å². The monoisotopic (exact) mass is 834 g/mol. The first kappa shape index (κ1) is 25.5. The minimum absolute atomic E-state index is 0.0701. The molecule has 0 unspecified atom stereocenters. The molecule has 0 radical (unpaired) electrons. The SMILES string of the molecule is [2H]c1c([2H])c([2H])c(-c2cccc([Si](c3ccccc3)(c3ccccc3)c3cccc(-c4nc(-n5c6ccccc6c6ccccc65)nc(-n5c6c([2H])c([2H])c([2H])c([2H])c6c6c([2H])c([2H])c([2H])c([2H])c65)n4)c3)c2)c([2H])c1[2H]. The zero-order chi connectivity index (χ0) is 53.1. The molecule has 6 heteroatoms. The fourth-order valence-corrected chi connectivity index (χ4v) is 13.8. The lowest BCUT2D eigenvalue weighted by Crippen LogP contribution is -2.74. The van der Waals surface area contributed by atoms with Crippen LogP contribution in [0.2, 0.25) is 0 Å². The van der Waals surface area contributed by atoms with E-state index >= 15 is 0 Å². The van der Waals surface area contributed by atoms with Gasteiger partial charge in [-0.2, -0.15) is 15.0 Å². The van der Waals surface area contributed by atoms with Gasteiger partial charge in [-0.25, -0.2) is 0 Å². The summed E-state index contributed by atoms with van der Waals surface area (Å²) < 4.78 is 118. The maximum Gasteiger partial charge on any atom is 0.240 e. The molecule has 0 fully saturated rings. The van der Waals surface area contributed by atoms with E-state index in [0.717, 1.165) is 42.6 Å². The van der Waals surface area contributed by atoms with Crippen LogP contribution in [-0.4, -0.2) is 32.2 Å². The molecule has 12 rings (SSSR count). The summed E-state index contributed by atoms with van der Waals surface area (Å²) in [6, 6.07) is 44.5. The number of hydrogen-bond donors (Lipinski definition) is 0. The second kappa shape index (κ2) is 15.1. The average Bonchev–Trinajstić information content (AvgIpc) is 4.00. The molecule has 9 aromatic carbocycles.